The number of methoxy groups -OCH3 is 1. The fourth-order valence-corrected chi connectivity index (χ4v) is 4.84. The molecule has 134 valence electrons. The van der Waals surface area contributed by atoms with Gasteiger partial charge in [0, 0.05) is 10.9 Å². The summed E-state index contributed by atoms with van der Waals surface area (Å²) >= 11 is 7.09. The van der Waals surface area contributed by atoms with Crippen molar-refractivity contribution in [1.82, 2.24) is 5.32 Å². The van der Waals surface area contributed by atoms with Crippen LogP contribution in [0.4, 0.5) is 5.00 Å². The highest BCUT2D eigenvalue weighted by Crippen LogP contribution is 2.37. The lowest BCUT2D eigenvalue weighted by Gasteiger charge is -2.16. The summed E-state index contributed by atoms with van der Waals surface area (Å²) < 4.78 is 5.04. The third-order valence-corrected chi connectivity index (χ3v) is 5.81. The molecule has 1 aliphatic carbocycles. The fraction of sp³-hybridized carbons (Fsp3) is 0.667. The molecular formula is C18H28N2O2S2. The lowest BCUT2D eigenvalue weighted by molar-refractivity contribution is 0.0601. The molecule has 0 spiro atoms. The van der Waals surface area contributed by atoms with Gasteiger partial charge in [-0.05, 0) is 56.8 Å². The van der Waals surface area contributed by atoms with E-state index in [1.807, 2.05) is 0 Å². The van der Waals surface area contributed by atoms with Crippen LogP contribution in [0.3, 0.4) is 0 Å². The Bertz CT molecular complexity index is 584. The lowest BCUT2D eigenvalue weighted by Crippen LogP contribution is -2.35. The molecule has 0 bridgehead atoms. The molecule has 24 heavy (non-hydrogen) atoms. The van der Waals surface area contributed by atoms with E-state index in [0.717, 1.165) is 37.1 Å². The second kappa shape index (κ2) is 9.37. The summed E-state index contributed by atoms with van der Waals surface area (Å²) in [6.45, 7) is 4.27. The number of thiophene rings is 1. The molecule has 2 rings (SSSR count). The average Bonchev–Trinajstić information content (AvgIpc) is 2.83. The Morgan fingerprint density at radius 1 is 1.29 bits per heavy atom. The van der Waals surface area contributed by atoms with Crippen molar-refractivity contribution in [3.05, 3.63) is 16.0 Å². The number of thiocarbonyl (C=S) groups is 1. The number of carbonyl (C=O) groups is 1. The van der Waals surface area contributed by atoms with Crippen molar-refractivity contribution in [2.75, 3.05) is 12.4 Å². The highest BCUT2D eigenvalue weighted by Gasteiger charge is 2.25. The second-order valence-corrected chi connectivity index (χ2v) is 7.92. The molecule has 0 saturated carbocycles. The quantitative estimate of drug-likeness (QED) is 0.584. The predicted octanol–water partition coefficient (Wildman–Crippen LogP) is 4.67. The van der Waals surface area contributed by atoms with Crippen LogP contribution >= 0.6 is 23.6 Å². The zero-order chi connectivity index (χ0) is 17.5. The van der Waals surface area contributed by atoms with Crippen LogP contribution in [0.15, 0.2) is 0 Å². The number of hydrogen-bond donors (Lipinski definition) is 2. The van der Waals surface area contributed by atoms with Gasteiger partial charge in [0.1, 0.15) is 5.00 Å². The monoisotopic (exact) mass is 368 g/mol. The predicted molar refractivity (Wildman–Crippen MR) is 105 cm³/mol. The Labute approximate surface area is 154 Å². The topological polar surface area (TPSA) is 50.4 Å². The number of hydrogen-bond acceptors (Lipinski definition) is 4. The van der Waals surface area contributed by atoms with Gasteiger partial charge in [-0.3, -0.25) is 0 Å². The van der Waals surface area contributed by atoms with Crippen LogP contribution in [0.25, 0.3) is 0 Å². The standard InChI is InChI=1S/C18H28N2O2S2/c1-4-9-12(2)19-18(23)20-16-15(17(21)22-3)13-10-7-5-6-8-11-14(13)24-16/h12H,4-11H2,1-3H3,(H2,19,20,23). The molecule has 0 saturated heterocycles. The zero-order valence-corrected chi connectivity index (χ0v) is 16.5. The van der Waals surface area contributed by atoms with Gasteiger partial charge >= 0.3 is 5.97 Å². The van der Waals surface area contributed by atoms with Gasteiger partial charge in [0.2, 0.25) is 0 Å². The van der Waals surface area contributed by atoms with Crippen molar-refractivity contribution in [2.24, 2.45) is 0 Å². The van der Waals surface area contributed by atoms with Gasteiger partial charge in [0.05, 0.1) is 12.7 Å². The summed E-state index contributed by atoms with van der Waals surface area (Å²) in [4.78, 5) is 13.7. The summed E-state index contributed by atoms with van der Waals surface area (Å²) in [5, 5.41) is 7.95. The zero-order valence-electron chi connectivity index (χ0n) is 14.9. The number of anilines is 1. The molecule has 4 nitrogen and oxygen atoms in total. The minimum Gasteiger partial charge on any atom is -0.465 e. The molecule has 0 fully saturated rings. The summed E-state index contributed by atoms with van der Waals surface area (Å²) in [7, 11) is 1.44. The van der Waals surface area contributed by atoms with Crippen LogP contribution in [0.1, 0.15) is 73.2 Å². The summed E-state index contributed by atoms with van der Waals surface area (Å²) in [5.41, 5.74) is 1.85. The van der Waals surface area contributed by atoms with E-state index in [0.29, 0.717) is 16.7 Å². The number of esters is 1. The summed E-state index contributed by atoms with van der Waals surface area (Å²) in [6, 6.07) is 0.317. The van der Waals surface area contributed by atoms with E-state index in [1.54, 1.807) is 11.3 Å². The number of rotatable bonds is 5. The third-order valence-electron chi connectivity index (χ3n) is 4.39. The first-order chi connectivity index (χ1) is 11.6. The van der Waals surface area contributed by atoms with Gasteiger partial charge in [0.25, 0.3) is 0 Å². The number of ether oxygens (including phenoxy) is 1. The minimum atomic E-state index is -0.264. The van der Waals surface area contributed by atoms with Crippen LogP contribution in [0.2, 0.25) is 0 Å². The maximum Gasteiger partial charge on any atom is 0.341 e. The SMILES string of the molecule is CCCC(C)NC(=S)Nc1sc2c(c1C(=O)OC)CCCCCC2. The van der Waals surface area contributed by atoms with Crippen LogP contribution in [-0.2, 0) is 17.6 Å². The van der Waals surface area contributed by atoms with E-state index in [4.69, 9.17) is 17.0 Å². The molecule has 1 aromatic rings. The summed E-state index contributed by atoms with van der Waals surface area (Å²) in [6.07, 6.45) is 8.97. The van der Waals surface area contributed by atoms with Crippen LogP contribution in [0.5, 0.6) is 0 Å². The molecule has 1 aromatic heterocycles. The Balaban J connectivity index is 2.23. The maximum atomic E-state index is 12.4. The highest BCUT2D eigenvalue weighted by molar-refractivity contribution is 7.80. The summed E-state index contributed by atoms with van der Waals surface area (Å²) in [5.74, 6) is -0.264. The largest absolute Gasteiger partial charge is 0.465 e. The van der Waals surface area contributed by atoms with E-state index in [1.165, 1.54) is 36.8 Å². The van der Waals surface area contributed by atoms with E-state index < -0.39 is 0 Å². The molecular weight excluding hydrogens is 340 g/mol. The number of aryl methyl sites for hydroxylation is 1. The van der Waals surface area contributed by atoms with Crippen LogP contribution in [-0.4, -0.2) is 24.2 Å². The smallest absolute Gasteiger partial charge is 0.341 e. The number of nitrogens with one attached hydrogen (secondary N) is 2. The highest BCUT2D eigenvalue weighted by atomic mass is 32.1. The molecule has 0 aliphatic heterocycles. The fourth-order valence-electron chi connectivity index (χ4n) is 3.19. The molecule has 1 heterocycles. The van der Waals surface area contributed by atoms with Gasteiger partial charge in [-0.2, -0.15) is 0 Å². The van der Waals surface area contributed by atoms with Crippen molar-refractivity contribution >= 4 is 39.6 Å². The molecule has 0 aromatic carbocycles. The first-order valence-corrected chi connectivity index (χ1v) is 10.1. The van der Waals surface area contributed by atoms with Crippen molar-refractivity contribution < 1.29 is 9.53 Å². The third kappa shape index (κ3) is 4.93. The van der Waals surface area contributed by atoms with Crippen molar-refractivity contribution in [1.29, 1.82) is 0 Å². The van der Waals surface area contributed by atoms with E-state index >= 15 is 0 Å². The average molecular weight is 369 g/mol. The van der Waals surface area contributed by atoms with E-state index in [2.05, 4.69) is 24.5 Å². The molecule has 0 amide bonds. The van der Waals surface area contributed by atoms with Crippen molar-refractivity contribution in [3.8, 4) is 0 Å². The van der Waals surface area contributed by atoms with Gasteiger partial charge in [-0.15, -0.1) is 11.3 Å². The molecule has 1 aliphatic rings. The molecule has 1 atom stereocenters. The second-order valence-electron chi connectivity index (χ2n) is 6.40. The van der Waals surface area contributed by atoms with Gasteiger partial charge in [-0.25, -0.2) is 4.79 Å². The van der Waals surface area contributed by atoms with Crippen LogP contribution in [0, 0.1) is 0 Å². The van der Waals surface area contributed by atoms with Crippen LogP contribution < -0.4 is 10.6 Å². The van der Waals surface area contributed by atoms with Gasteiger partial charge in [0.15, 0.2) is 5.11 Å². The number of fused-ring (bicyclic) bond motifs is 1. The maximum absolute atomic E-state index is 12.4. The van der Waals surface area contributed by atoms with E-state index in [-0.39, 0.29) is 5.97 Å². The molecule has 6 heteroatoms. The Hall–Kier alpha value is -1.14. The first kappa shape index (κ1) is 19.2. The Kier molecular flexibility index (Phi) is 7.49. The van der Waals surface area contributed by atoms with Gasteiger partial charge in [-0.1, -0.05) is 26.2 Å². The normalized spacial score (nSPS) is 15.6. The Morgan fingerprint density at radius 2 is 2.00 bits per heavy atom. The van der Waals surface area contributed by atoms with Crippen molar-refractivity contribution in [2.45, 2.75) is 71.3 Å². The van der Waals surface area contributed by atoms with E-state index in [9.17, 15) is 4.79 Å². The minimum absolute atomic E-state index is 0.264. The first-order valence-electron chi connectivity index (χ1n) is 8.87. The molecule has 1 unspecified atom stereocenters. The van der Waals surface area contributed by atoms with Gasteiger partial charge < -0.3 is 15.4 Å². The molecule has 2 N–H and O–H groups in total. The number of carbonyl (C=O) groups excluding carboxylic acids is 1. The molecule has 0 radical (unpaired) electrons. The van der Waals surface area contributed by atoms with Crippen molar-refractivity contribution in [3.63, 3.8) is 0 Å². The lowest BCUT2D eigenvalue weighted by atomic mass is 9.96. The Morgan fingerprint density at radius 3 is 2.67 bits per heavy atom.